The van der Waals surface area contributed by atoms with Crippen molar-refractivity contribution in [3.8, 4) is 0 Å². The summed E-state index contributed by atoms with van der Waals surface area (Å²) in [4.78, 5) is 14.9. The van der Waals surface area contributed by atoms with E-state index in [1.54, 1.807) is 0 Å². The first kappa shape index (κ1) is 46.5. The van der Waals surface area contributed by atoms with Gasteiger partial charge in [-0.3, -0.25) is 0 Å². The second kappa shape index (κ2) is 36.7. The number of hydrogen-bond acceptors (Lipinski definition) is 5. The third-order valence-electron chi connectivity index (χ3n) is 8.52. The fourth-order valence-corrected chi connectivity index (χ4v) is 7.05. The molecule has 0 aromatic rings. The molecule has 0 radical (unpaired) electrons. The van der Waals surface area contributed by atoms with E-state index in [-0.39, 0.29) is 6.10 Å². The smallest absolute Gasteiger partial charge is 0.115 e. The third-order valence-corrected chi connectivity index (χ3v) is 10.1. The van der Waals surface area contributed by atoms with E-state index >= 15 is 0 Å². The Labute approximate surface area is 299 Å². The summed E-state index contributed by atoms with van der Waals surface area (Å²) < 4.78 is 11.5. The minimum absolute atomic E-state index is 0.0608. The number of unbranched alkanes of at least 4 members (excludes halogenated alkanes) is 18. The van der Waals surface area contributed by atoms with Crippen LogP contribution in [0, 0.1) is 0 Å². The molecule has 0 bridgehead atoms. The number of nitrogens with zero attached hydrogens (tertiary/aromatic N) is 1. The first-order valence-corrected chi connectivity index (χ1v) is 22.4. The fourth-order valence-electron chi connectivity index (χ4n) is 5.52. The lowest BCUT2D eigenvalue weighted by atomic mass is 10.0. The molecule has 0 aliphatic carbocycles. The summed E-state index contributed by atoms with van der Waals surface area (Å²) in [5.41, 5.74) is 0. The van der Waals surface area contributed by atoms with Crippen LogP contribution in [0.2, 0.25) is 0 Å². The molecule has 0 heterocycles. The Bertz CT molecular complexity index is 763. The molecule has 4 nitrogen and oxygen atoms in total. The summed E-state index contributed by atoms with van der Waals surface area (Å²) in [6, 6.07) is 0. The summed E-state index contributed by atoms with van der Waals surface area (Å²) >= 11 is 5.28. The van der Waals surface area contributed by atoms with E-state index in [0.717, 1.165) is 38.5 Å². The lowest BCUT2D eigenvalue weighted by Crippen LogP contribution is -2.22. The van der Waals surface area contributed by atoms with Crippen LogP contribution in [0.5, 0.6) is 0 Å². The monoisotopic (exact) mass is 695 g/mol. The first-order valence-electron chi connectivity index (χ1n) is 19.8. The molecule has 47 heavy (non-hydrogen) atoms. The van der Waals surface area contributed by atoms with Crippen LogP contribution in [0.25, 0.3) is 0 Å². The van der Waals surface area contributed by atoms with E-state index in [1.165, 1.54) is 128 Å². The van der Waals surface area contributed by atoms with Crippen LogP contribution in [0.1, 0.15) is 181 Å². The zero-order valence-corrected chi connectivity index (χ0v) is 33.2. The maximum Gasteiger partial charge on any atom is 0.115 e. The summed E-state index contributed by atoms with van der Waals surface area (Å²) in [6.45, 7) is 2.09. The maximum atomic E-state index is 12.9. The van der Waals surface area contributed by atoms with Gasteiger partial charge in [-0.25, -0.2) is 0 Å². The van der Waals surface area contributed by atoms with Crippen molar-refractivity contribution in [2.45, 2.75) is 187 Å². The molecule has 0 aliphatic rings. The third kappa shape index (κ3) is 38.1. The van der Waals surface area contributed by atoms with Gasteiger partial charge in [0.2, 0.25) is 0 Å². The van der Waals surface area contributed by atoms with Crippen LogP contribution in [-0.4, -0.2) is 38.3 Å². The molecule has 1 atom stereocenters. The molecule has 0 rings (SSSR count). The lowest BCUT2D eigenvalue weighted by molar-refractivity contribution is -0.211. The van der Waals surface area contributed by atoms with E-state index in [1.807, 2.05) is 19.0 Å². The molecule has 0 aromatic carbocycles. The van der Waals surface area contributed by atoms with Gasteiger partial charge in [0, 0.05) is 6.54 Å². The predicted octanol–water partition coefficient (Wildman–Crippen LogP) is 12.9. The summed E-state index contributed by atoms with van der Waals surface area (Å²) in [7, 11) is 3.94. The van der Waals surface area contributed by atoms with E-state index in [0.29, 0.717) is 13.2 Å². The van der Waals surface area contributed by atoms with Gasteiger partial charge in [-0.05, 0) is 91.1 Å². The van der Waals surface area contributed by atoms with Gasteiger partial charge in [0.15, 0.2) is 0 Å². The molecular weight excluding hydrogens is 617 g/mol. The standard InChI is InChI=1S/C41H78NO3PS/c1-5-7-9-11-13-15-17-19-21-23-25-27-29-31-33-35-37-41(45-46(43,47)44-40-39-42(3)4)38-36-34-32-30-28-26-24-22-20-18-16-14-12-10-8-6-2/h13-16,19-22,41H,5-12,17-18,23-40H2,1-4H3,(H,43,47)/p-1/b15-13-,16-14-,21-19-,22-20-. The molecule has 6 heteroatoms. The minimum Gasteiger partial charge on any atom is -0.780 e. The van der Waals surface area contributed by atoms with E-state index in [9.17, 15) is 4.89 Å². The van der Waals surface area contributed by atoms with Crippen molar-refractivity contribution < 1.29 is 13.9 Å². The van der Waals surface area contributed by atoms with Crippen LogP contribution >= 0.6 is 6.72 Å². The van der Waals surface area contributed by atoms with Crippen LogP contribution < -0.4 is 4.89 Å². The Morgan fingerprint density at radius 3 is 1.30 bits per heavy atom. The Morgan fingerprint density at radius 2 is 0.915 bits per heavy atom. The van der Waals surface area contributed by atoms with E-state index < -0.39 is 6.72 Å². The van der Waals surface area contributed by atoms with Crippen LogP contribution in [0.4, 0.5) is 0 Å². The Morgan fingerprint density at radius 1 is 0.553 bits per heavy atom. The second-order valence-corrected chi connectivity index (χ2v) is 16.3. The number of likely N-dealkylation sites (N-methyl/N-ethyl adjacent to an activating group) is 1. The van der Waals surface area contributed by atoms with Gasteiger partial charge in [0.1, 0.15) is 6.72 Å². The minimum atomic E-state index is -3.45. The Hall–Kier alpha value is -0.550. The van der Waals surface area contributed by atoms with Crippen LogP contribution in [0.3, 0.4) is 0 Å². The first-order chi connectivity index (χ1) is 22.9. The highest BCUT2D eigenvalue weighted by Crippen LogP contribution is 2.42. The van der Waals surface area contributed by atoms with Crippen LogP contribution in [0.15, 0.2) is 48.6 Å². The van der Waals surface area contributed by atoms with Crippen molar-refractivity contribution in [3.63, 3.8) is 0 Å². The summed E-state index contributed by atoms with van der Waals surface area (Å²) in [5.74, 6) is 0. The SMILES string of the molecule is CCCCC/C=C\C/C=C\CCCCCCCCC(CCCCCCCC/C=C\C/C=C\CCCCC)OP([O-])(=S)OCCN(C)C. The molecular formula is C41H77NO3PS-. The fraction of sp³-hybridized carbons (Fsp3) is 0.805. The van der Waals surface area contributed by atoms with Crippen molar-refractivity contribution in [1.82, 2.24) is 4.90 Å². The molecule has 1 unspecified atom stereocenters. The molecule has 0 aliphatic heterocycles. The molecule has 0 amide bonds. The van der Waals surface area contributed by atoms with E-state index in [2.05, 4.69) is 62.5 Å². The van der Waals surface area contributed by atoms with Crippen molar-refractivity contribution in [2.75, 3.05) is 27.2 Å². The second-order valence-electron chi connectivity index (χ2n) is 13.6. The highest BCUT2D eigenvalue weighted by molar-refractivity contribution is 8.06. The zero-order chi connectivity index (χ0) is 34.5. The predicted molar refractivity (Wildman–Crippen MR) is 212 cm³/mol. The maximum absolute atomic E-state index is 12.9. The van der Waals surface area contributed by atoms with Gasteiger partial charge in [-0.2, -0.15) is 0 Å². The van der Waals surface area contributed by atoms with Crippen molar-refractivity contribution in [2.24, 2.45) is 0 Å². The van der Waals surface area contributed by atoms with Gasteiger partial charge in [0.05, 0.1) is 12.7 Å². The van der Waals surface area contributed by atoms with Crippen molar-refractivity contribution >= 4 is 18.5 Å². The normalized spacial score (nSPS) is 13.9. The zero-order valence-electron chi connectivity index (χ0n) is 31.5. The molecule has 0 fully saturated rings. The van der Waals surface area contributed by atoms with Crippen LogP contribution in [-0.2, 0) is 20.9 Å². The molecule has 0 aromatic heterocycles. The largest absolute Gasteiger partial charge is 0.780 e. The quantitative estimate of drug-likeness (QED) is 0.0371. The molecule has 0 N–H and O–H groups in total. The number of hydrogen-bond donors (Lipinski definition) is 0. The van der Waals surface area contributed by atoms with Crippen molar-refractivity contribution in [3.05, 3.63) is 48.6 Å². The number of rotatable bonds is 36. The highest BCUT2D eigenvalue weighted by Gasteiger charge is 2.15. The van der Waals surface area contributed by atoms with E-state index in [4.69, 9.17) is 20.9 Å². The molecule has 276 valence electrons. The molecule has 0 saturated heterocycles. The topological polar surface area (TPSA) is 44.8 Å². The summed E-state index contributed by atoms with van der Waals surface area (Å²) in [5, 5.41) is 0. The lowest BCUT2D eigenvalue weighted by Gasteiger charge is -2.32. The highest BCUT2D eigenvalue weighted by atomic mass is 32.5. The Kier molecular flexibility index (Phi) is 36.3. The Balaban J connectivity index is 4.14. The van der Waals surface area contributed by atoms with Gasteiger partial charge in [-0.1, -0.05) is 164 Å². The van der Waals surface area contributed by atoms with Gasteiger partial charge < -0.3 is 18.8 Å². The van der Waals surface area contributed by atoms with Gasteiger partial charge >= 0.3 is 0 Å². The van der Waals surface area contributed by atoms with Gasteiger partial charge in [-0.15, -0.1) is 0 Å². The van der Waals surface area contributed by atoms with Gasteiger partial charge in [0.25, 0.3) is 0 Å². The average Bonchev–Trinajstić information content (AvgIpc) is 3.03. The van der Waals surface area contributed by atoms with Crippen molar-refractivity contribution in [1.29, 1.82) is 0 Å². The average molecular weight is 695 g/mol. The number of allylic oxidation sites excluding steroid dienone is 8. The summed E-state index contributed by atoms with van der Waals surface area (Å²) in [6.07, 6.45) is 50.1. The molecule has 0 spiro atoms. The molecule has 0 saturated carbocycles.